The van der Waals surface area contributed by atoms with E-state index >= 15 is 0 Å². The summed E-state index contributed by atoms with van der Waals surface area (Å²) >= 11 is 0. The van der Waals surface area contributed by atoms with Gasteiger partial charge in [-0.05, 0) is 37.0 Å². The molecule has 0 fully saturated rings. The molecule has 0 bridgehead atoms. The van der Waals surface area contributed by atoms with E-state index in [1.54, 1.807) is 0 Å². The molecule has 3 unspecified atom stereocenters. The predicted octanol–water partition coefficient (Wildman–Crippen LogP) is -1.77. The highest BCUT2D eigenvalue weighted by Crippen LogP contribution is 2.12. The SMILES string of the molecule is NC(N)=NCCCC(NC(=O)C(N)CCC(=O)O)C(=O)NC(Cc1ccc(O)cc1)C(=O)O. The van der Waals surface area contributed by atoms with Crippen molar-refractivity contribution in [2.24, 2.45) is 22.2 Å². The maximum absolute atomic E-state index is 12.8. The molecule has 13 nitrogen and oxygen atoms in total. The van der Waals surface area contributed by atoms with Gasteiger partial charge in [-0.2, -0.15) is 0 Å². The van der Waals surface area contributed by atoms with Crippen molar-refractivity contribution in [3.8, 4) is 5.75 Å². The molecule has 0 aliphatic heterocycles. The maximum atomic E-state index is 12.8. The molecule has 1 rings (SSSR count). The van der Waals surface area contributed by atoms with Crippen LogP contribution in [0.15, 0.2) is 29.3 Å². The molecule has 0 aromatic heterocycles. The van der Waals surface area contributed by atoms with E-state index in [9.17, 15) is 29.4 Å². The first-order valence-corrected chi connectivity index (χ1v) is 10.1. The Hall–Kier alpha value is -3.87. The molecular weight excluding hydrogens is 436 g/mol. The summed E-state index contributed by atoms with van der Waals surface area (Å²) in [5.41, 5.74) is 16.8. The zero-order valence-electron chi connectivity index (χ0n) is 17.9. The largest absolute Gasteiger partial charge is 0.508 e. The van der Waals surface area contributed by atoms with E-state index in [2.05, 4.69) is 15.6 Å². The van der Waals surface area contributed by atoms with Crippen molar-refractivity contribution in [3.63, 3.8) is 0 Å². The quantitative estimate of drug-likeness (QED) is 0.0871. The van der Waals surface area contributed by atoms with Crippen molar-refractivity contribution in [3.05, 3.63) is 29.8 Å². The number of carbonyl (C=O) groups excluding carboxylic acids is 2. The minimum Gasteiger partial charge on any atom is -0.508 e. The second kappa shape index (κ2) is 13.5. The molecular formula is C20H30N6O7. The Bertz CT molecular complexity index is 855. The van der Waals surface area contributed by atoms with E-state index in [-0.39, 0.29) is 50.4 Å². The van der Waals surface area contributed by atoms with Gasteiger partial charge in [0.05, 0.1) is 6.04 Å². The van der Waals surface area contributed by atoms with Gasteiger partial charge in [-0.25, -0.2) is 4.79 Å². The molecule has 1 aromatic carbocycles. The number of nitrogens with zero attached hydrogens (tertiary/aromatic N) is 1. The van der Waals surface area contributed by atoms with Gasteiger partial charge in [-0.15, -0.1) is 0 Å². The number of hydrogen-bond acceptors (Lipinski definition) is 7. The Morgan fingerprint density at radius 1 is 0.939 bits per heavy atom. The van der Waals surface area contributed by atoms with E-state index in [0.717, 1.165) is 0 Å². The summed E-state index contributed by atoms with van der Waals surface area (Å²) in [4.78, 5) is 51.3. The minimum absolute atomic E-state index is 0.0115. The number of amides is 2. The van der Waals surface area contributed by atoms with E-state index in [1.807, 2.05) is 0 Å². The highest BCUT2D eigenvalue weighted by atomic mass is 16.4. The van der Waals surface area contributed by atoms with E-state index in [1.165, 1.54) is 24.3 Å². The number of carboxylic acid groups (broad SMARTS) is 2. The van der Waals surface area contributed by atoms with Crippen LogP contribution >= 0.6 is 0 Å². The number of aliphatic carboxylic acids is 2. The molecule has 33 heavy (non-hydrogen) atoms. The van der Waals surface area contributed by atoms with Gasteiger partial charge in [-0.1, -0.05) is 12.1 Å². The van der Waals surface area contributed by atoms with Crippen LogP contribution in [0.2, 0.25) is 0 Å². The minimum atomic E-state index is -1.31. The van der Waals surface area contributed by atoms with Crippen LogP contribution in [0.4, 0.5) is 0 Å². The second-order valence-electron chi connectivity index (χ2n) is 7.32. The number of phenols is 1. The van der Waals surface area contributed by atoms with Gasteiger partial charge in [0.1, 0.15) is 17.8 Å². The van der Waals surface area contributed by atoms with Crippen molar-refractivity contribution in [2.75, 3.05) is 6.54 Å². The predicted molar refractivity (Wildman–Crippen MR) is 118 cm³/mol. The average molecular weight is 466 g/mol. The molecule has 0 saturated carbocycles. The fourth-order valence-electron chi connectivity index (χ4n) is 2.80. The van der Waals surface area contributed by atoms with Crippen LogP contribution < -0.4 is 27.8 Å². The monoisotopic (exact) mass is 466 g/mol. The first kappa shape index (κ1) is 27.2. The standard InChI is InChI=1S/C20H30N6O7/c21-13(7-8-16(28)29)17(30)25-14(2-1-9-24-20(22)23)18(31)26-15(19(32)33)10-11-3-5-12(27)6-4-11/h3-6,13-15,27H,1-2,7-10,21H2,(H,25,30)(H,26,31)(H,28,29)(H,32,33)(H4,22,23,24). The van der Waals surface area contributed by atoms with Crippen LogP contribution in [-0.2, 0) is 25.6 Å². The fourth-order valence-corrected chi connectivity index (χ4v) is 2.80. The highest BCUT2D eigenvalue weighted by Gasteiger charge is 2.28. The molecule has 0 radical (unpaired) electrons. The number of guanidine groups is 1. The maximum Gasteiger partial charge on any atom is 0.326 e. The van der Waals surface area contributed by atoms with Gasteiger partial charge < -0.3 is 43.2 Å². The third-order valence-electron chi connectivity index (χ3n) is 4.57. The van der Waals surface area contributed by atoms with Gasteiger partial charge in [0, 0.05) is 19.4 Å². The van der Waals surface area contributed by atoms with Crippen molar-refractivity contribution >= 4 is 29.7 Å². The Morgan fingerprint density at radius 2 is 1.55 bits per heavy atom. The van der Waals surface area contributed by atoms with Gasteiger partial charge in [0.15, 0.2) is 5.96 Å². The van der Waals surface area contributed by atoms with Gasteiger partial charge in [-0.3, -0.25) is 19.4 Å². The lowest BCUT2D eigenvalue weighted by atomic mass is 10.0. The summed E-state index contributed by atoms with van der Waals surface area (Å²) in [5.74, 6) is -4.05. The molecule has 182 valence electrons. The zero-order chi connectivity index (χ0) is 25.0. The molecule has 0 aliphatic carbocycles. The van der Waals surface area contributed by atoms with E-state index in [4.69, 9.17) is 22.3 Å². The fraction of sp³-hybridized carbons (Fsp3) is 0.450. The van der Waals surface area contributed by atoms with Crippen LogP contribution in [0.5, 0.6) is 5.75 Å². The van der Waals surface area contributed by atoms with Gasteiger partial charge in [0.25, 0.3) is 0 Å². The highest BCUT2D eigenvalue weighted by molar-refractivity contribution is 5.92. The summed E-state index contributed by atoms with van der Waals surface area (Å²) in [7, 11) is 0. The van der Waals surface area contributed by atoms with Crippen molar-refractivity contribution in [1.29, 1.82) is 0 Å². The van der Waals surface area contributed by atoms with Gasteiger partial charge >= 0.3 is 11.9 Å². The van der Waals surface area contributed by atoms with Crippen LogP contribution in [-0.4, -0.2) is 69.7 Å². The summed E-state index contributed by atoms with van der Waals surface area (Å²) < 4.78 is 0. The molecule has 1 aromatic rings. The van der Waals surface area contributed by atoms with Crippen LogP contribution in [0, 0.1) is 0 Å². The van der Waals surface area contributed by atoms with Gasteiger partial charge in [0.2, 0.25) is 11.8 Å². The summed E-state index contributed by atoms with van der Waals surface area (Å²) in [6.07, 6.45) is -0.165. The van der Waals surface area contributed by atoms with Crippen molar-refractivity contribution < 1.29 is 34.5 Å². The number of nitrogens with one attached hydrogen (secondary N) is 2. The number of rotatable bonds is 14. The lowest BCUT2D eigenvalue weighted by Gasteiger charge is -2.23. The first-order chi connectivity index (χ1) is 15.5. The van der Waals surface area contributed by atoms with Crippen molar-refractivity contribution in [1.82, 2.24) is 10.6 Å². The van der Waals surface area contributed by atoms with Crippen LogP contribution in [0.25, 0.3) is 0 Å². The smallest absolute Gasteiger partial charge is 0.326 e. The number of phenolic OH excluding ortho intramolecular Hbond substituents is 1. The molecule has 11 N–H and O–H groups in total. The van der Waals surface area contributed by atoms with Crippen LogP contribution in [0.3, 0.4) is 0 Å². The lowest BCUT2D eigenvalue weighted by molar-refractivity contribution is -0.142. The van der Waals surface area contributed by atoms with Crippen molar-refractivity contribution in [2.45, 2.75) is 50.2 Å². The number of hydrogen-bond donors (Lipinski definition) is 8. The Morgan fingerprint density at radius 3 is 2.09 bits per heavy atom. The Balaban J connectivity index is 2.88. The zero-order valence-corrected chi connectivity index (χ0v) is 17.9. The summed E-state index contributed by atoms with van der Waals surface area (Å²) in [5, 5.41) is 32.4. The summed E-state index contributed by atoms with van der Waals surface area (Å²) in [6.45, 7) is 0.170. The molecule has 0 saturated heterocycles. The molecule has 3 atom stereocenters. The molecule has 13 heteroatoms. The normalized spacial score (nSPS) is 13.2. The average Bonchev–Trinajstić information content (AvgIpc) is 2.74. The number of aromatic hydroxyl groups is 1. The van der Waals surface area contributed by atoms with Crippen LogP contribution in [0.1, 0.15) is 31.2 Å². The third kappa shape index (κ3) is 10.8. The molecule has 0 heterocycles. The number of carbonyl (C=O) groups is 4. The lowest BCUT2D eigenvalue weighted by Crippen LogP contribution is -2.54. The second-order valence-corrected chi connectivity index (χ2v) is 7.32. The summed E-state index contributed by atoms with van der Waals surface area (Å²) in [6, 6.07) is 2.20. The first-order valence-electron chi connectivity index (χ1n) is 10.1. The number of benzene rings is 1. The van der Waals surface area contributed by atoms with E-state index in [0.29, 0.717) is 5.56 Å². The molecule has 0 spiro atoms. The topological polar surface area (TPSA) is 243 Å². The number of aliphatic imine (C=N–C) groups is 1. The molecule has 0 aliphatic rings. The van der Waals surface area contributed by atoms with E-state index < -0.39 is 41.9 Å². The molecule has 2 amide bonds. The Labute approximate surface area is 190 Å². The number of nitrogens with two attached hydrogens (primary N) is 3. The third-order valence-corrected chi connectivity index (χ3v) is 4.57. The number of carboxylic acids is 2. The Kier molecular flexibility index (Phi) is 11.1.